The maximum atomic E-state index is 11.2. The number of nitrogens with zero attached hydrogens (tertiary/aromatic N) is 1. The van der Waals surface area contributed by atoms with E-state index in [1.54, 1.807) is 0 Å². The first kappa shape index (κ1) is 22.8. The molecule has 138 valence electrons. The number of carbonyl (C=O) groups excluding carboxylic acids is 1. The third-order valence-electron chi connectivity index (χ3n) is 4.28. The number of hydrogen-bond acceptors (Lipinski definition) is 3. The van der Waals surface area contributed by atoms with Crippen LogP contribution in [0.3, 0.4) is 0 Å². The van der Waals surface area contributed by atoms with Crippen LogP contribution in [0.15, 0.2) is 0 Å². The number of likely N-dealkylation sites (N-methyl/N-ethyl adjacent to an activating group) is 1. The van der Waals surface area contributed by atoms with Gasteiger partial charge in [0.2, 0.25) is 0 Å². The molecule has 0 saturated heterocycles. The maximum Gasteiger partial charge on any atom is 0.332 e. The molecule has 0 aliphatic carbocycles. The topological polar surface area (TPSA) is 35.5 Å². The lowest BCUT2D eigenvalue weighted by Gasteiger charge is -2.29. The minimum atomic E-state index is -0.293. The van der Waals surface area contributed by atoms with Crippen molar-refractivity contribution in [3.63, 3.8) is 0 Å². The summed E-state index contributed by atoms with van der Waals surface area (Å²) in [6.45, 7) is 4.76. The highest BCUT2D eigenvalue weighted by atomic mass is 31.0. The summed E-state index contributed by atoms with van der Waals surface area (Å²) in [6.07, 6.45) is 13.7. The number of hydrogen-bond donors (Lipinski definition) is 0. The molecule has 0 amide bonds. The van der Waals surface area contributed by atoms with Crippen LogP contribution in [0.5, 0.6) is 0 Å². The molecule has 0 spiro atoms. The van der Waals surface area contributed by atoms with Gasteiger partial charge in [-0.1, -0.05) is 58.3 Å². The van der Waals surface area contributed by atoms with E-state index in [0.29, 0.717) is 6.61 Å². The van der Waals surface area contributed by atoms with Crippen LogP contribution in [-0.4, -0.2) is 50.9 Å². The van der Waals surface area contributed by atoms with Gasteiger partial charge in [-0.25, -0.2) is 4.79 Å². The number of carbonyl (C=O) groups is 1. The van der Waals surface area contributed by atoms with Gasteiger partial charge in [-0.05, 0) is 12.8 Å². The van der Waals surface area contributed by atoms with E-state index in [4.69, 9.17) is 4.74 Å². The van der Waals surface area contributed by atoms with Gasteiger partial charge < -0.3 is 13.7 Å². The van der Waals surface area contributed by atoms with Crippen molar-refractivity contribution in [3.05, 3.63) is 0 Å². The van der Waals surface area contributed by atoms with Crippen molar-refractivity contribution in [1.29, 1.82) is 0 Å². The van der Waals surface area contributed by atoms with Crippen LogP contribution in [0.1, 0.15) is 71.1 Å². The van der Waals surface area contributed by atoms with Gasteiger partial charge in [-0.2, -0.15) is 0 Å². The number of ether oxygens (including phenoxy) is 1. The molecule has 0 aromatic heterocycles. The fraction of sp³-hybridized carbons (Fsp3) is 0.944. The van der Waals surface area contributed by atoms with Crippen LogP contribution in [0.4, 0.5) is 0 Å². The summed E-state index contributed by atoms with van der Waals surface area (Å²) in [5.41, 5.74) is 0. The van der Waals surface area contributed by atoms with Crippen molar-refractivity contribution in [3.8, 4) is 0 Å². The fourth-order valence-corrected chi connectivity index (χ4v) is 2.79. The zero-order valence-electron chi connectivity index (χ0n) is 15.6. The largest absolute Gasteiger partial charge is 0.458 e. The molecular weight excluding hydrogens is 309 g/mol. The third-order valence-corrected chi connectivity index (χ3v) is 4.44. The molecule has 0 saturated carbocycles. The zero-order valence-corrected chi connectivity index (χ0v) is 16.8. The highest BCUT2D eigenvalue weighted by Gasteiger charge is 2.15. The van der Waals surface area contributed by atoms with Crippen LogP contribution in [0, 0.1) is 0 Å². The molecule has 0 bridgehead atoms. The van der Waals surface area contributed by atoms with E-state index in [0.717, 1.165) is 17.6 Å². The van der Waals surface area contributed by atoms with Crippen molar-refractivity contribution >= 4 is 15.4 Å². The monoisotopic (exact) mass is 348 g/mol. The maximum absolute atomic E-state index is 11.2. The van der Waals surface area contributed by atoms with E-state index in [1.165, 1.54) is 64.2 Å². The molecule has 0 aliphatic rings. The molecule has 0 aromatic rings. The Kier molecular flexibility index (Phi) is 15.2. The molecule has 4 nitrogen and oxygen atoms in total. The Hall–Kier alpha value is -0.180. The number of rotatable bonds is 16. The predicted molar refractivity (Wildman–Crippen MR) is 100 cm³/mol. The van der Waals surface area contributed by atoms with Crippen LogP contribution < -0.4 is 0 Å². The van der Waals surface area contributed by atoms with Gasteiger partial charge >= 0.3 is 5.97 Å². The third kappa shape index (κ3) is 16.5. The first-order valence-corrected chi connectivity index (χ1v) is 9.78. The summed E-state index contributed by atoms with van der Waals surface area (Å²) in [5.74, 6) is -0.293. The molecule has 0 aromatic carbocycles. The zero-order chi connectivity index (χ0) is 17.4. The summed E-state index contributed by atoms with van der Waals surface area (Å²) < 4.78 is 10.7. The summed E-state index contributed by atoms with van der Waals surface area (Å²) in [6, 6.07) is 0. The highest BCUT2D eigenvalue weighted by molar-refractivity contribution is 7.09. The van der Waals surface area contributed by atoms with Gasteiger partial charge in [0.15, 0.2) is 0 Å². The normalized spacial score (nSPS) is 11.7. The quantitative estimate of drug-likeness (QED) is 0.180. The lowest BCUT2D eigenvalue weighted by Crippen LogP contribution is -2.43. The molecule has 1 atom stereocenters. The fourth-order valence-electron chi connectivity index (χ4n) is 2.66. The van der Waals surface area contributed by atoms with E-state index in [1.807, 2.05) is 0 Å². The Balaban J connectivity index is 3.43. The summed E-state index contributed by atoms with van der Waals surface area (Å²) in [5, 5.41) is 0. The van der Waals surface area contributed by atoms with Gasteiger partial charge in [0.1, 0.15) is 19.8 Å². The Morgan fingerprint density at radius 1 is 0.870 bits per heavy atom. The van der Waals surface area contributed by atoms with E-state index >= 15 is 0 Å². The Morgan fingerprint density at radius 3 is 1.91 bits per heavy atom. The van der Waals surface area contributed by atoms with Gasteiger partial charge in [-0.15, -0.1) is 0 Å². The van der Waals surface area contributed by atoms with Crippen molar-refractivity contribution in [2.45, 2.75) is 71.1 Å². The average molecular weight is 348 g/mol. The van der Waals surface area contributed by atoms with Crippen molar-refractivity contribution in [1.82, 2.24) is 0 Å². The van der Waals surface area contributed by atoms with Gasteiger partial charge in [0.05, 0.1) is 20.6 Å². The molecular formula is C18H39NO3P+. The molecule has 23 heavy (non-hydrogen) atoms. The summed E-state index contributed by atoms with van der Waals surface area (Å²) >= 11 is 0. The van der Waals surface area contributed by atoms with E-state index < -0.39 is 0 Å². The Labute approximate surface area is 146 Å². The first-order valence-electron chi connectivity index (χ1n) is 9.31. The van der Waals surface area contributed by atoms with Crippen LogP contribution in [0.25, 0.3) is 0 Å². The average Bonchev–Trinajstić information content (AvgIpc) is 2.49. The molecule has 0 fully saturated rings. The van der Waals surface area contributed by atoms with Gasteiger partial charge in [0.25, 0.3) is 0 Å². The van der Waals surface area contributed by atoms with Crippen LogP contribution >= 0.6 is 9.47 Å². The van der Waals surface area contributed by atoms with Gasteiger partial charge in [0, 0.05) is 9.47 Å². The molecule has 0 N–H and O–H groups in total. The lowest BCUT2D eigenvalue weighted by molar-refractivity contribution is -0.890. The predicted octanol–water partition coefficient (Wildman–Crippen LogP) is 4.33. The highest BCUT2D eigenvalue weighted by Crippen LogP contribution is 2.11. The molecule has 1 unspecified atom stereocenters. The molecule has 0 radical (unpaired) electrons. The standard InChI is InChI=1S/C18H39NO3P/c1-4-5-6-7-8-9-10-11-12-13-14-19(2,3)15-16-21-18(20)17-22-23/h4-17,23H2,1-3H3/q+1. The number of quaternary nitrogens is 1. The van der Waals surface area contributed by atoms with Crippen LogP contribution in [-0.2, 0) is 14.1 Å². The second-order valence-corrected chi connectivity index (χ2v) is 7.43. The van der Waals surface area contributed by atoms with E-state index in [9.17, 15) is 4.79 Å². The second kappa shape index (κ2) is 15.4. The minimum absolute atomic E-state index is 0.0105. The molecule has 5 heteroatoms. The SMILES string of the molecule is CCCCCCCCCCCC[N+](C)(C)CCOC(=O)COP. The van der Waals surface area contributed by atoms with Crippen LogP contribution in [0.2, 0.25) is 0 Å². The Morgan fingerprint density at radius 2 is 1.39 bits per heavy atom. The summed E-state index contributed by atoms with van der Waals surface area (Å²) in [7, 11) is 6.46. The number of esters is 1. The summed E-state index contributed by atoms with van der Waals surface area (Å²) in [4.78, 5) is 11.2. The number of unbranched alkanes of at least 4 members (excludes halogenated alkanes) is 9. The van der Waals surface area contributed by atoms with E-state index in [2.05, 4.69) is 35.0 Å². The second-order valence-electron chi connectivity index (χ2n) is 7.10. The first-order chi connectivity index (χ1) is 11.0. The molecule has 0 aliphatic heterocycles. The van der Waals surface area contributed by atoms with Crippen molar-refractivity contribution in [2.24, 2.45) is 0 Å². The van der Waals surface area contributed by atoms with Gasteiger partial charge in [-0.3, -0.25) is 0 Å². The van der Waals surface area contributed by atoms with Crippen molar-refractivity contribution < 1.29 is 18.5 Å². The minimum Gasteiger partial charge on any atom is -0.458 e. The molecule has 0 rings (SSSR count). The smallest absolute Gasteiger partial charge is 0.332 e. The molecule has 0 heterocycles. The Bertz CT molecular complexity index is 285. The van der Waals surface area contributed by atoms with Crippen molar-refractivity contribution in [2.75, 3.05) is 40.4 Å². The van der Waals surface area contributed by atoms with E-state index in [-0.39, 0.29) is 12.6 Å². The lowest BCUT2D eigenvalue weighted by atomic mass is 10.1.